The molecule has 1 aliphatic rings. The zero-order chi connectivity index (χ0) is 15.4. The fourth-order valence-electron chi connectivity index (χ4n) is 2.61. The minimum atomic E-state index is -0.0886. The van der Waals surface area contributed by atoms with Gasteiger partial charge in [0.1, 0.15) is 0 Å². The van der Waals surface area contributed by atoms with Crippen LogP contribution in [0.25, 0.3) is 0 Å². The van der Waals surface area contributed by atoms with Crippen molar-refractivity contribution in [3.63, 3.8) is 0 Å². The number of carbonyl (C=O) groups excluding carboxylic acids is 2. The molecule has 0 radical (unpaired) electrons. The summed E-state index contributed by atoms with van der Waals surface area (Å²) in [5.74, 6) is 0.528. The number of aryl methyl sites for hydroxylation is 1. The summed E-state index contributed by atoms with van der Waals surface area (Å²) in [7, 11) is 0. The largest absolute Gasteiger partial charge is 0.382 e. The van der Waals surface area contributed by atoms with Crippen molar-refractivity contribution in [3.8, 4) is 0 Å². The van der Waals surface area contributed by atoms with Gasteiger partial charge < -0.3 is 5.32 Å². The number of hydrogen-bond donors (Lipinski definition) is 1. The first kappa shape index (κ1) is 15.5. The highest BCUT2D eigenvalue weighted by atomic mass is 16.1. The van der Waals surface area contributed by atoms with Crippen molar-refractivity contribution >= 4 is 11.6 Å². The summed E-state index contributed by atoms with van der Waals surface area (Å²) in [5, 5.41) is 2.97. The van der Waals surface area contributed by atoms with Crippen molar-refractivity contribution in [1.29, 1.82) is 0 Å². The number of fused-ring (bicyclic) bond motifs is 1. The average molecular weight is 285 g/mol. The van der Waals surface area contributed by atoms with Gasteiger partial charge in [-0.25, -0.2) is 0 Å². The molecule has 0 amide bonds. The van der Waals surface area contributed by atoms with E-state index in [4.69, 9.17) is 0 Å². The molecular formula is C18H23NO2. The van der Waals surface area contributed by atoms with E-state index in [-0.39, 0.29) is 11.6 Å². The number of allylic oxidation sites excluding steroid dienone is 2. The lowest BCUT2D eigenvalue weighted by Crippen LogP contribution is -2.26. The number of likely N-dealkylation sites (N-methyl/N-ethyl adjacent to an activating group) is 1. The molecule has 0 fully saturated rings. The van der Waals surface area contributed by atoms with Gasteiger partial charge in [0.25, 0.3) is 0 Å². The van der Waals surface area contributed by atoms with Gasteiger partial charge >= 0.3 is 0 Å². The summed E-state index contributed by atoms with van der Waals surface area (Å²) >= 11 is 0. The molecule has 0 atom stereocenters. The molecule has 1 aromatic carbocycles. The Hall–Kier alpha value is -1.90. The molecule has 3 heteroatoms. The van der Waals surface area contributed by atoms with Crippen molar-refractivity contribution in [2.75, 3.05) is 6.54 Å². The quantitative estimate of drug-likeness (QED) is 0.869. The molecule has 1 aromatic rings. The van der Waals surface area contributed by atoms with Crippen molar-refractivity contribution in [2.24, 2.45) is 5.92 Å². The predicted molar refractivity (Wildman–Crippen MR) is 84.6 cm³/mol. The minimum absolute atomic E-state index is 0.0721. The molecule has 0 heterocycles. The van der Waals surface area contributed by atoms with Crippen LogP contribution in [0.5, 0.6) is 0 Å². The summed E-state index contributed by atoms with van der Waals surface area (Å²) in [4.78, 5) is 24.5. The van der Waals surface area contributed by atoms with Crippen LogP contribution in [0.15, 0.2) is 30.0 Å². The predicted octanol–water partition coefficient (Wildman–Crippen LogP) is 3.54. The number of carbonyl (C=O) groups is 2. The van der Waals surface area contributed by atoms with Crippen LogP contribution in [0, 0.1) is 5.92 Å². The standard InChI is InChI=1S/C18H23NO2/c1-4-19-16-11-17(20)14-9-8-13(7-5-6-12(2)3)10-15(14)18(16)21/h8-12,19H,4-7H2,1-3H3. The Kier molecular flexibility index (Phi) is 4.94. The molecule has 3 nitrogen and oxygen atoms in total. The molecule has 21 heavy (non-hydrogen) atoms. The summed E-state index contributed by atoms with van der Waals surface area (Å²) in [5.41, 5.74) is 2.61. The Morgan fingerprint density at radius 1 is 1.14 bits per heavy atom. The molecule has 1 N–H and O–H groups in total. The van der Waals surface area contributed by atoms with E-state index in [0.717, 1.165) is 18.4 Å². The maximum Gasteiger partial charge on any atom is 0.209 e. The van der Waals surface area contributed by atoms with Crippen LogP contribution in [0.3, 0.4) is 0 Å². The Morgan fingerprint density at radius 2 is 1.90 bits per heavy atom. The molecule has 2 rings (SSSR count). The van der Waals surface area contributed by atoms with Crippen LogP contribution in [0.4, 0.5) is 0 Å². The maximum absolute atomic E-state index is 12.4. The third-order valence-electron chi connectivity index (χ3n) is 3.73. The highest BCUT2D eigenvalue weighted by molar-refractivity contribution is 6.24. The van der Waals surface area contributed by atoms with Crippen LogP contribution < -0.4 is 5.32 Å². The van der Waals surface area contributed by atoms with Crippen LogP contribution >= 0.6 is 0 Å². The zero-order valence-electron chi connectivity index (χ0n) is 13.0. The molecular weight excluding hydrogens is 262 g/mol. The van der Waals surface area contributed by atoms with Crippen LogP contribution in [0.2, 0.25) is 0 Å². The molecule has 1 aliphatic carbocycles. The summed E-state index contributed by atoms with van der Waals surface area (Å²) in [6, 6.07) is 5.65. The van der Waals surface area contributed by atoms with Gasteiger partial charge in [-0.05, 0) is 37.3 Å². The van der Waals surface area contributed by atoms with Crippen molar-refractivity contribution < 1.29 is 9.59 Å². The lowest BCUT2D eigenvalue weighted by atomic mass is 9.90. The van der Waals surface area contributed by atoms with Crippen molar-refractivity contribution in [3.05, 3.63) is 46.7 Å². The normalized spacial score (nSPS) is 14.2. The second-order valence-corrected chi connectivity index (χ2v) is 5.95. The topological polar surface area (TPSA) is 46.2 Å². The number of nitrogens with one attached hydrogen (secondary N) is 1. The number of ketones is 2. The monoisotopic (exact) mass is 285 g/mol. The maximum atomic E-state index is 12.4. The first-order valence-corrected chi connectivity index (χ1v) is 7.70. The first-order chi connectivity index (χ1) is 10.0. The third kappa shape index (κ3) is 3.60. The number of benzene rings is 1. The lowest BCUT2D eigenvalue weighted by molar-refractivity contribution is 0.0978. The van der Waals surface area contributed by atoms with Crippen molar-refractivity contribution in [2.45, 2.75) is 40.0 Å². The molecule has 0 saturated heterocycles. The first-order valence-electron chi connectivity index (χ1n) is 7.70. The van der Waals surface area contributed by atoms with Crippen LogP contribution in [0.1, 0.15) is 59.9 Å². The third-order valence-corrected chi connectivity index (χ3v) is 3.73. The van der Waals surface area contributed by atoms with Gasteiger partial charge in [-0.15, -0.1) is 0 Å². The van der Waals surface area contributed by atoms with Gasteiger partial charge in [0.05, 0.1) is 5.70 Å². The average Bonchev–Trinajstić information content (AvgIpc) is 2.44. The Bertz CT molecular complexity index is 585. The second kappa shape index (κ2) is 6.70. The zero-order valence-corrected chi connectivity index (χ0v) is 13.0. The van der Waals surface area contributed by atoms with E-state index in [9.17, 15) is 9.59 Å². The van der Waals surface area contributed by atoms with Gasteiger partial charge in [-0.3, -0.25) is 9.59 Å². The van der Waals surface area contributed by atoms with E-state index >= 15 is 0 Å². The summed E-state index contributed by atoms with van der Waals surface area (Å²) in [6.45, 7) is 6.97. The van der Waals surface area contributed by atoms with E-state index < -0.39 is 0 Å². The van der Waals surface area contributed by atoms with E-state index in [1.165, 1.54) is 12.5 Å². The Morgan fingerprint density at radius 3 is 2.57 bits per heavy atom. The fourth-order valence-corrected chi connectivity index (χ4v) is 2.61. The summed E-state index contributed by atoms with van der Waals surface area (Å²) in [6.07, 6.45) is 4.64. The molecule has 112 valence electrons. The smallest absolute Gasteiger partial charge is 0.209 e. The fraction of sp³-hybridized carbons (Fsp3) is 0.444. The van der Waals surface area contributed by atoms with E-state index in [1.54, 1.807) is 6.07 Å². The highest BCUT2D eigenvalue weighted by Crippen LogP contribution is 2.22. The van der Waals surface area contributed by atoms with Crippen LogP contribution in [-0.2, 0) is 6.42 Å². The Labute approximate surface area is 126 Å². The highest BCUT2D eigenvalue weighted by Gasteiger charge is 2.25. The van der Waals surface area contributed by atoms with Gasteiger partial charge in [0.2, 0.25) is 5.78 Å². The number of hydrogen-bond acceptors (Lipinski definition) is 3. The lowest BCUT2D eigenvalue weighted by Gasteiger charge is -2.17. The number of rotatable bonds is 6. The SMILES string of the molecule is CCNC1=CC(=O)c2ccc(CCCC(C)C)cc2C1=O. The van der Waals surface area contributed by atoms with Gasteiger partial charge in [-0.2, -0.15) is 0 Å². The van der Waals surface area contributed by atoms with Crippen LogP contribution in [-0.4, -0.2) is 18.1 Å². The van der Waals surface area contributed by atoms with Gasteiger partial charge in [0.15, 0.2) is 5.78 Å². The summed E-state index contributed by atoms with van der Waals surface area (Å²) < 4.78 is 0. The van der Waals surface area contributed by atoms with E-state index in [1.807, 2.05) is 19.1 Å². The molecule has 0 bridgehead atoms. The number of Topliss-reactive ketones (excluding diaryl/α,β-unsaturated/α-hetero) is 1. The molecule has 0 aromatic heterocycles. The molecule has 0 saturated carbocycles. The molecule has 0 spiro atoms. The minimum Gasteiger partial charge on any atom is -0.382 e. The Balaban J connectivity index is 2.20. The van der Waals surface area contributed by atoms with E-state index in [0.29, 0.717) is 29.3 Å². The van der Waals surface area contributed by atoms with E-state index in [2.05, 4.69) is 19.2 Å². The van der Waals surface area contributed by atoms with Gasteiger partial charge in [0, 0.05) is 23.7 Å². The second-order valence-electron chi connectivity index (χ2n) is 5.95. The molecule has 0 aliphatic heterocycles. The molecule has 0 unspecified atom stereocenters. The van der Waals surface area contributed by atoms with Crippen molar-refractivity contribution in [1.82, 2.24) is 5.32 Å². The van der Waals surface area contributed by atoms with Gasteiger partial charge in [-0.1, -0.05) is 32.4 Å².